The highest BCUT2D eigenvalue weighted by atomic mass is 35.5. The lowest BCUT2D eigenvalue weighted by Gasteiger charge is -2.06. The summed E-state index contributed by atoms with van der Waals surface area (Å²) < 4.78 is 3.88. The van der Waals surface area contributed by atoms with Gasteiger partial charge in [0.2, 0.25) is 0 Å². The first-order valence-corrected chi connectivity index (χ1v) is 6.64. The first-order chi connectivity index (χ1) is 9.20. The second-order valence-corrected chi connectivity index (χ2v) is 4.89. The third-order valence-electron chi connectivity index (χ3n) is 3.03. The molecule has 0 spiro atoms. The van der Waals surface area contributed by atoms with E-state index in [1.165, 1.54) is 0 Å². The monoisotopic (exact) mass is 295 g/mol. The van der Waals surface area contributed by atoms with Crippen LogP contribution in [0.25, 0.3) is 11.0 Å². The van der Waals surface area contributed by atoms with Crippen LogP contribution < -0.4 is 0 Å². The Morgan fingerprint density at radius 3 is 2.79 bits per heavy atom. The summed E-state index contributed by atoms with van der Waals surface area (Å²) in [6.07, 6.45) is 1.67. The summed E-state index contributed by atoms with van der Waals surface area (Å²) in [5.74, 6) is 1.93. The molecule has 0 bridgehead atoms. The number of imidazole rings is 1. The second-order valence-electron chi connectivity index (χ2n) is 4.21. The fourth-order valence-corrected chi connectivity index (χ4v) is 2.45. The molecule has 0 fully saturated rings. The van der Waals surface area contributed by atoms with Gasteiger partial charge in [-0.05, 0) is 12.1 Å². The summed E-state index contributed by atoms with van der Waals surface area (Å²) in [5.41, 5.74) is 1.72. The third kappa shape index (κ3) is 2.09. The maximum absolute atomic E-state index is 6.16. The number of nitrogens with zero attached hydrogens (tertiary/aromatic N) is 5. The number of aromatic nitrogens is 5. The predicted octanol–water partition coefficient (Wildman–Crippen LogP) is 2.61. The van der Waals surface area contributed by atoms with E-state index < -0.39 is 0 Å². The van der Waals surface area contributed by atoms with E-state index in [-0.39, 0.29) is 0 Å². The van der Waals surface area contributed by atoms with Crippen molar-refractivity contribution in [2.45, 2.75) is 12.4 Å². The maximum Gasteiger partial charge on any atom is 0.152 e. The van der Waals surface area contributed by atoms with E-state index in [9.17, 15) is 0 Å². The molecule has 0 amide bonds. The zero-order chi connectivity index (χ0) is 13.4. The number of hydrogen-bond donors (Lipinski definition) is 0. The van der Waals surface area contributed by atoms with Gasteiger partial charge in [-0.1, -0.05) is 17.7 Å². The zero-order valence-corrected chi connectivity index (χ0v) is 11.7. The summed E-state index contributed by atoms with van der Waals surface area (Å²) in [5, 5.41) is 8.58. The Hall–Kier alpha value is -1.59. The van der Waals surface area contributed by atoms with Gasteiger partial charge in [0, 0.05) is 7.05 Å². The van der Waals surface area contributed by atoms with Gasteiger partial charge in [-0.15, -0.1) is 21.8 Å². The van der Waals surface area contributed by atoms with Gasteiger partial charge in [0.05, 0.1) is 23.0 Å². The number of para-hydroxylation sites is 1. The van der Waals surface area contributed by atoms with Crippen LogP contribution in [-0.2, 0) is 19.5 Å². The van der Waals surface area contributed by atoms with Crippen LogP contribution in [0.3, 0.4) is 0 Å². The van der Waals surface area contributed by atoms with Crippen LogP contribution in [0, 0.1) is 0 Å². The number of hydrogen-bond acceptors (Lipinski definition) is 3. The molecular formula is C12H11Cl2N5. The maximum atomic E-state index is 6.16. The van der Waals surface area contributed by atoms with E-state index in [4.69, 9.17) is 23.2 Å². The number of rotatable bonds is 3. The van der Waals surface area contributed by atoms with Gasteiger partial charge >= 0.3 is 0 Å². The zero-order valence-electron chi connectivity index (χ0n) is 10.2. The fourth-order valence-electron chi connectivity index (χ4n) is 2.03. The van der Waals surface area contributed by atoms with Crippen molar-refractivity contribution >= 4 is 34.2 Å². The topological polar surface area (TPSA) is 48.5 Å². The van der Waals surface area contributed by atoms with Crippen LogP contribution >= 0.6 is 23.2 Å². The summed E-state index contributed by atoms with van der Waals surface area (Å²) in [4.78, 5) is 4.48. The largest absolute Gasteiger partial charge is 0.319 e. The van der Waals surface area contributed by atoms with Gasteiger partial charge in [0.1, 0.15) is 17.7 Å². The predicted molar refractivity (Wildman–Crippen MR) is 74.4 cm³/mol. The Morgan fingerprint density at radius 2 is 2.11 bits per heavy atom. The smallest absolute Gasteiger partial charge is 0.152 e. The molecule has 0 unspecified atom stereocenters. The van der Waals surface area contributed by atoms with E-state index >= 15 is 0 Å². The minimum absolute atomic E-state index is 0.322. The van der Waals surface area contributed by atoms with Crippen molar-refractivity contribution in [2.75, 3.05) is 0 Å². The highest BCUT2D eigenvalue weighted by Gasteiger charge is 2.14. The van der Waals surface area contributed by atoms with Crippen molar-refractivity contribution in [3.05, 3.63) is 41.2 Å². The van der Waals surface area contributed by atoms with Gasteiger partial charge < -0.3 is 9.13 Å². The van der Waals surface area contributed by atoms with E-state index in [0.29, 0.717) is 17.4 Å². The number of aryl methyl sites for hydroxylation is 1. The quantitative estimate of drug-likeness (QED) is 0.698. The molecule has 5 nitrogen and oxygen atoms in total. The lowest BCUT2D eigenvalue weighted by molar-refractivity contribution is 0.691. The van der Waals surface area contributed by atoms with Crippen LogP contribution in [0.4, 0.5) is 0 Å². The van der Waals surface area contributed by atoms with Crippen LogP contribution in [0.1, 0.15) is 11.6 Å². The second kappa shape index (κ2) is 4.83. The van der Waals surface area contributed by atoms with E-state index in [1.54, 1.807) is 6.33 Å². The fraction of sp³-hybridized carbons (Fsp3) is 0.250. The Morgan fingerprint density at radius 1 is 1.26 bits per heavy atom. The molecule has 0 saturated carbocycles. The number of benzene rings is 1. The molecule has 0 saturated heterocycles. The van der Waals surface area contributed by atoms with Crippen molar-refractivity contribution in [2.24, 2.45) is 7.05 Å². The molecule has 0 aliphatic heterocycles. The summed E-state index contributed by atoms with van der Waals surface area (Å²) in [7, 11) is 1.90. The number of alkyl halides is 1. The molecule has 0 atom stereocenters. The van der Waals surface area contributed by atoms with Crippen molar-refractivity contribution in [1.82, 2.24) is 24.3 Å². The minimum Gasteiger partial charge on any atom is -0.319 e. The lowest BCUT2D eigenvalue weighted by atomic mass is 10.3. The third-order valence-corrected chi connectivity index (χ3v) is 3.58. The molecule has 0 aliphatic carbocycles. The first kappa shape index (κ1) is 12.4. The minimum atomic E-state index is 0.322. The van der Waals surface area contributed by atoms with E-state index in [1.807, 2.05) is 34.4 Å². The van der Waals surface area contributed by atoms with Gasteiger partial charge in [0.25, 0.3) is 0 Å². The highest BCUT2D eigenvalue weighted by molar-refractivity contribution is 6.35. The summed E-state index contributed by atoms with van der Waals surface area (Å²) in [6, 6.07) is 5.69. The normalized spacial score (nSPS) is 11.3. The van der Waals surface area contributed by atoms with Crippen LogP contribution in [-0.4, -0.2) is 24.3 Å². The first-order valence-electron chi connectivity index (χ1n) is 5.73. The van der Waals surface area contributed by atoms with Crippen LogP contribution in [0.2, 0.25) is 5.02 Å². The Bertz CT molecular complexity index is 731. The van der Waals surface area contributed by atoms with Gasteiger partial charge in [-0.3, -0.25) is 0 Å². The van der Waals surface area contributed by atoms with Crippen LogP contribution in [0.15, 0.2) is 24.5 Å². The number of halogens is 2. The average Bonchev–Trinajstić information content (AvgIpc) is 2.96. The standard InChI is InChI=1S/C12H11Cl2N5/c1-18-7-15-17-11(18)6-19-9-4-2-3-8(14)12(9)16-10(19)5-13/h2-4,7H,5-6H2,1H3. The highest BCUT2D eigenvalue weighted by Crippen LogP contribution is 2.25. The lowest BCUT2D eigenvalue weighted by Crippen LogP contribution is -2.08. The van der Waals surface area contributed by atoms with Crippen molar-refractivity contribution in [3.63, 3.8) is 0 Å². The molecule has 19 heavy (non-hydrogen) atoms. The van der Waals surface area contributed by atoms with Crippen molar-refractivity contribution < 1.29 is 0 Å². The summed E-state index contributed by atoms with van der Waals surface area (Å²) in [6.45, 7) is 0.565. The molecule has 2 aromatic heterocycles. The molecule has 98 valence electrons. The van der Waals surface area contributed by atoms with Crippen molar-refractivity contribution in [3.8, 4) is 0 Å². The molecule has 1 aromatic carbocycles. The molecule has 0 aliphatic rings. The molecule has 0 N–H and O–H groups in total. The molecular weight excluding hydrogens is 285 g/mol. The van der Waals surface area contributed by atoms with Crippen molar-refractivity contribution in [1.29, 1.82) is 0 Å². The van der Waals surface area contributed by atoms with Gasteiger partial charge in [0.15, 0.2) is 5.82 Å². The summed E-state index contributed by atoms with van der Waals surface area (Å²) >= 11 is 12.1. The Balaban J connectivity index is 2.16. The molecule has 0 radical (unpaired) electrons. The molecule has 7 heteroatoms. The van der Waals surface area contributed by atoms with E-state index in [0.717, 1.165) is 22.7 Å². The van der Waals surface area contributed by atoms with E-state index in [2.05, 4.69) is 15.2 Å². The number of fused-ring (bicyclic) bond motifs is 1. The molecule has 3 aromatic rings. The Labute approximate surface area is 119 Å². The SMILES string of the molecule is Cn1cnnc1Cn1c(CCl)nc2c(Cl)cccc21. The van der Waals surface area contributed by atoms with Gasteiger partial charge in [-0.2, -0.15) is 0 Å². The molecule has 2 heterocycles. The Kier molecular flexibility index (Phi) is 3.16. The average molecular weight is 296 g/mol. The van der Waals surface area contributed by atoms with Gasteiger partial charge in [-0.25, -0.2) is 4.98 Å². The van der Waals surface area contributed by atoms with Crippen LogP contribution in [0.5, 0.6) is 0 Å². The molecule has 3 rings (SSSR count).